The van der Waals surface area contributed by atoms with E-state index in [0.29, 0.717) is 23.2 Å². The second-order valence-electron chi connectivity index (χ2n) is 5.77. The molecule has 0 spiro atoms. The number of rotatable bonds is 4. The summed E-state index contributed by atoms with van der Waals surface area (Å²) in [6.45, 7) is 3.28. The van der Waals surface area contributed by atoms with Crippen molar-refractivity contribution in [1.82, 2.24) is 5.32 Å². The highest BCUT2D eigenvalue weighted by molar-refractivity contribution is 5.56. The van der Waals surface area contributed by atoms with E-state index in [-0.39, 0.29) is 0 Å². The van der Waals surface area contributed by atoms with Crippen LogP contribution >= 0.6 is 0 Å². The van der Waals surface area contributed by atoms with Gasteiger partial charge in [0.25, 0.3) is 0 Å². The zero-order valence-corrected chi connectivity index (χ0v) is 12.5. The molecule has 1 heterocycles. The van der Waals surface area contributed by atoms with E-state index in [2.05, 4.69) is 23.6 Å². The van der Waals surface area contributed by atoms with Crippen LogP contribution in [-0.4, -0.2) is 18.6 Å². The minimum atomic E-state index is 0.333. The Morgan fingerprint density at radius 3 is 2.81 bits per heavy atom. The third kappa shape index (κ3) is 4.48. The van der Waals surface area contributed by atoms with E-state index >= 15 is 0 Å². The molecule has 0 amide bonds. The molecule has 110 valence electrons. The quantitative estimate of drug-likeness (QED) is 0.890. The van der Waals surface area contributed by atoms with E-state index in [0.717, 1.165) is 18.7 Å². The molecule has 1 aromatic rings. The summed E-state index contributed by atoms with van der Waals surface area (Å²) in [5, 5.41) is 25.0. The lowest BCUT2D eigenvalue weighted by molar-refractivity contribution is 0.456. The van der Waals surface area contributed by atoms with Crippen molar-refractivity contribution in [3.63, 3.8) is 0 Å². The number of nitrogens with one attached hydrogen (secondary N) is 2. The highest BCUT2D eigenvalue weighted by Crippen LogP contribution is 2.18. The Labute approximate surface area is 126 Å². The molecule has 2 unspecified atom stereocenters. The summed E-state index contributed by atoms with van der Waals surface area (Å²) in [4.78, 5) is 0. The van der Waals surface area contributed by atoms with E-state index in [1.165, 1.54) is 25.7 Å². The van der Waals surface area contributed by atoms with Crippen LogP contribution in [0, 0.1) is 22.7 Å². The molecule has 2 atom stereocenters. The SMILES string of the molecule is CC(CC1CCCCCN1)Nc1ccc(C#N)c(C#N)c1. The van der Waals surface area contributed by atoms with Gasteiger partial charge >= 0.3 is 0 Å². The Morgan fingerprint density at radius 2 is 2.05 bits per heavy atom. The van der Waals surface area contributed by atoms with Crippen molar-refractivity contribution in [2.24, 2.45) is 0 Å². The lowest BCUT2D eigenvalue weighted by Gasteiger charge is -2.22. The first kappa shape index (κ1) is 15.4. The summed E-state index contributed by atoms with van der Waals surface area (Å²) in [6.07, 6.45) is 6.22. The van der Waals surface area contributed by atoms with Crippen LogP contribution in [0.3, 0.4) is 0 Å². The Hall–Kier alpha value is -2.04. The smallest absolute Gasteiger partial charge is 0.101 e. The van der Waals surface area contributed by atoms with Crippen molar-refractivity contribution in [2.45, 2.75) is 51.1 Å². The first-order valence-corrected chi connectivity index (χ1v) is 7.67. The fraction of sp³-hybridized carbons (Fsp3) is 0.529. The molecule has 0 aromatic heterocycles. The summed E-state index contributed by atoms with van der Waals surface area (Å²) < 4.78 is 0. The summed E-state index contributed by atoms with van der Waals surface area (Å²) >= 11 is 0. The van der Waals surface area contributed by atoms with E-state index in [1.807, 2.05) is 12.1 Å². The molecule has 1 aliphatic rings. The fourth-order valence-corrected chi connectivity index (χ4v) is 2.90. The van der Waals surface area contributed by atoms with Gasteiger partial charge in [0.05, 0.1) is 11.1 Å². The highest BCUT2D eigenvalue weighted by Gasteiger charge is 2.15. The zero-order chi connectivity index (χ0) is 15.1. The number of benzene rings is 1. The van der Waals surface area contributed by atoms with Crippen LogP contribution in [0.1, 0.15) is 50.2 Å². The maximum Gasteiger partial charge on any atom is 0.101 e. The van der Waals surface area contributed by atoms with Crippen LogP contribution in [0.15, 0.2) is 18.2 Å². The third-order valence-electron chi connectivity index (χ3n) is 3.97. The van der Waals surface area contributed by atoms with E-state index in [4.69, 9.17) is 10.5 Å². The lowest BCUT2D eigenvalue weighted by Crippen LogP contribution is -2.33. The van der Waals surface area contributed by atoms with Crippen LogP contribution in [-0.2, 0) is 0 Å². The molecule has 1 aliphatic heterocycles. The van der Waals surface area contributed by atoms with Crippen LogP contribution < -0.4 is 10.6 Å². The molecule has 0 radical (unpaired) electrons. The summed E-state index contributed by atoms with van der Waals surface area (Å²) in [7, 11) is 0. The van der Waals surface area contributed by atoms with Crippen LogP contribution in [0.5, 0.6) is 0 Å². The predicted molar refractivity (Wildman–Crippen MR) is 83.8 cm³/mol. The molecule has 2 rings (SSSR count). The molecular formula is C17H22N4. The molecule has 4 heteroatoms. The van der Waals surface area contributed by atoms with Gasteiger partial charge in [0.1, 0.15) is 12.1 Å². The number of anilines is 1. The van der Waals surface area contributed by atoms with Crippen molar-refractivity contribution in [3.05, 3.63) is 29.3 Å². The predicted octanol–water partition coefficient (Wildman–Crippen LogP) is 3.15. The standard InChI is InChI=1S/C17H22N4/c1-13(9-16-5-3-2-4-8-20-16)21-17-7-6-14(11-18)15(10-17)12-19/h6-7,10,13,16,20-21H,2-5,8-9H2,1H3. The van der Waals surface area contributed by atoms with Gasteiger partial charge in [0.15, 0.2) is 0 Å². The molecule has 0 saturated carbocycles. The van der Waals surface area contributed by atoms with Crippen molar-refractivity contribution in [1.29, 1.82) is 10.5 Å². The van der Waals surface area contributed by atoms with Crippen molar-refractivity contribution in [2.75, 3.05) is 11.9 Å². The molecular weight excluding hydrogens is 260 g/mol. The molecule has 21 heavy (non-hydrogen) atoms. The average Bonchev–Trinajstić information content (AvgIpc) is 2.75. The first-order valence-electron chi connectivity index (χ1n) is 7.67. The molecule has 1 fully saturated rings. The van der Waals surface area contributed by atoms with E-state index in [9.17, 15) is 0 Å². The Morgan fingerprint density at radius 1 is 1.24 bits per heavy atom. The molecule has 4 nitrogen and oxygen atoms in total. The van der Waals surface area contributed by atoms with Gasteiger partial charge in [-0.1, -0.05) is 12.8 Å². The Balaban J connectivity index is 1.94. The van der Waals surface area contributed by atoms with Gasteiger partial charge in [0.2, 0.25) is 0 Å². The van der Waals surface area contributed by atoms with Gasteiger partial charge in [-0.2, -0.15) is 10.5 Å². The van der Waals surface area contributed by atoms with Crippen LogP contribution in [0.25, 0.3) is 0 Å². The van der Waals surface area contributed by atoms with Gasteiger partial charge in [-0.15, -0.1) is 0 Å². The molecule has 1 aromatic carbocycles. The molecule has 0 aliphatic carbocycles. The fourth-order valence-electron chi connectivity index (χ4n) is 2.90. The maximum atomic E-state index is 9.06. The van der Waals surface area contributed by atoms with Gasteiger partial charge in [-0.05, 0) is 50.9 Å². The lowest BCUT2D eigenvalue weighted by atomic mass is 10.0. The van der Waals surface area contributed by atoms with E-state index in [1.54, 1.807) is 12.1 Å². The first-order chi connectivity index (χ1) is 10.2. The maximum absolute atomic E-state index is 9.06. The Bertz CT molecular complexity index is 545. The number of nitriles is 2. The van der Waals surface area contributed by atoms with Crippen molar-refractivity contribution >= 4 is 5.69 Å². The van der Waals surface area contributed by atoms with Crippen molar-refractivity contribution < 1.29 is 0 Å². The van der Waals surface area contributed by atoms with Crippen LogP contribution in [0.2, 0.25) is 0 Å². The molecule has 0 bridgehead atoms. The van der Waals surface area contributed by atoms with Gasteiger partial charge in [-0.25, -0.2) is 0 Å². The zero-order valence-electron chi connectivity index (χ0n) is 12.5. The van der Waals surface area contributed by atoms with Gasteiger partial charge in [0, 0.05) is 17.8 Å². The second-order valence-corrected chi connectivity index (χ2v) is 5.77. The van der Waals surface area contributed by atoms with Crippen LogP contribution in [0.4, 0.5) is 5.69 Å². The van der Waals surface area contributed by atoms with Crippen molar-refractivity contribution in [3.8, 4) is 12.1 Å². The molecule has 1 saturated heterocycles. The normalized spacial score (nSPS) is 19.9. The Kier molecular flexibility index (Phi) is 5.60. The minimum absolute atomic E-state index is 0.333. The summed E-state index contributed by atoms with van der Waals surface area (Å²) in [5.41, 5.74) is 1.77. The average molecular weight is 282 g/mol. The van der Waals surface area contributed by atoms with Gasteiger partial charge < -0.3 is 10.6 Å². The number of hydrogen-bond acceptors (Lipinski definition) is 4. The largest absolute Gasteiger partial charge is 0.382 e. The number of nitrogens with zero attached hydrogens (tertiary/aromatic N) is 2. The van der Waals surface area contributed by atoms with E-state index < -0.39 is 0 Å². The monoisotopic (exact) mass is 282 g/mol. The van der Waals surface area contributed by atoms with Gasteiger partial charge in [-0.3, -0.25) is 0 Å². The minimum Gasteiger partial charge on any atom is -0.382 e. The topological polar surface area (TPSA) is 71.6 Å². The summed E-state index contributed by atoms with van der Waals surface area (Å²) in [5.74, 6) is 0. The summed E-state index contributed by atoms with van der Waals surface area (Å²) in [6, 6.07) is 10.4. The molecule has 2 N–H and O–H groups in total. The highest BCUT2D eigenvalue weighted by atomic mass is 15.0. The number of hydrogen-bond donors (Lipinski definition) is 2. The second kappa shape index (κ2) is 7.67. The third-order valence-corrected chi connectivity index (χ3v) is 3.97.